The Morgan fingerprint density at radius 2 is 1.94 bits per heavy atom. The van der Waals surface area contributed by atoms with E-state index in [1.807, 2.05) is 41.9 Å². The first-order valence-corrected chi connectivity index (χ1v) is 12.3. The fraction of sp³-hybridized carbons (Fsp3) is 0.542. The monoisotopic (exact) mass is 440 g/mol. The first-order valence-electron chi connectivity index (χ1n) is 11.3. The Bertz CT molecular complexity index is 935. The van der Waals surface area contributed by atoms with E-state index < -0.39 is 6.04 Å². The van der Waals surface area contributed by atoms with Crippen LogP contribution in [0.1, 0.15) is 63.3 Å². The molecule has 1 N–H and O–H groups in total. The topological polar surface area (TPSA) is 67.2 Å². The molecule has 2 aromatic rings. The van der Waals surface area contributed by atoms with Crippen molar-refractivity contribution in [2.45, 2.75) is 70.0 Å². The maximum absolute atomic E-state index is 13.6. The molecule has 4 rings (SSSR count). The Hall–Kier alpha value is -2.28. The summed E-state index contributed by atoms with van der Waals surface area (Å²) in [4.78, 5) is 28.6. The van der Waals surface area contributed by atoms with Gasteiger partial charge in [0.1, 0.15) is 11.1 Å². The number of carbonyl (C=O) groups is 2. The number of amides is 2. The molecule has 0 bridgehead atoms. The molecule has 1 fully saturated rings. The number of aryl methyl sites for hydroxylation is 1. The van der Waals surface area contributed by atoms with Crippen molar-refractivity contribution >= 4 is 23.6 Å². The molecule has 1 saturated carbocycles. The number of carbonyl (C=O) groups excluding carboxylic acids is 2. The van der Waals surface area contributed by atoms with Gasteiger partial charge in [-0.3, -0.25) is 9.59 Å². The maximum Gasteiger partial charge on any atom is 0.247 e. The molecule has 166 valence electrons. The fourth-order valence-corrected chi connectivity index (χ4v) is 5.61. The van der Waals surface area contributed by atoms with Gasteiger partial charge in [0.2, 0.25) is 11.8 Å². The van der Waals surface area contributed by atoms with Crippen LogP contribution in [0.15, 0.2) is 35.4 Å². The number of nitrogens with zero attached hydrogens (tertiary/aromatic N) is 3. The summed E-state index contributed by atoms with van der Waals surface area (Å²) in [5.74, 6) is 0.724. The van der Waals surface area contributed by atoms with Crippen LogP contribution in [0, 0.1) is 12.8 Å². The van der Waals surface area contributed by atoms with Gasteiger partial charge < -0.3 is 10.2 Å². The first kappa shape index (κ1) is 21.9. The zero-order valence-electron chi connectivity index (χ0n) is 18.6. The van der Waals surface area contributed by atoms with Crippen molar-refractivity contribution in [3.8, 4) is 5.69 Å². The Morgan fingerprint density at radius 3 is 2.61 bits per heavy atom. The molecule has 1 aromatic heterocycles. The van der Waals surface area contributed by atoms with E-state index in [0.29, 0.717) is 18.2 Å². The van der Waals surface area contributed by atoms with E-state index in [1.165, 1.54) is 11.8 Å². The molecule has 0 unspecified atom stereocenters. The van der Waals surface area contributed by atoms with Crippen LogP contribution in [0.3, 0.4) is 0 Å². The van der Waals surface area contributed by atoms with Crippen molar-refractivity contribution in [1.29, 1.82) is 0 Å². The molecule has 2 heterocycles. The summed E-state index contributed by atoms with van der Waals surface area (Å²) in [6.07, 6.45) is 5.20. The summed E-state index contributed by atoms with van der Waals surface area (Å²) < 4.78 is 1.89. The van der Waals surface area contributed by atoms with Gasteiger partial charge in [0.15, 0.2) is 0 Å². The summed E-state index contributed by atoms with van der Waals surface area (Å²) in [7, 11) is 0. The fourth-order valence-electron chi connectivity index (χ4n) is 4.50. The predicted octanol–water partition coefficient (Wildman–Crippen LogP) is 4.26. The van der Waals surface area contributed by atoms with Crippen LogP contribution in [0.5, 0.6) is 0 Å². The summed E-state index contributed by atoms with van der Waals surface area (Å²) in [6.45, 7) is 6.82. The molecule has 2 amide bonds. The highest BCUT2D eigenvalue weighted by Gasteiger charge is 2.40. The minimum absolute atomic E-state index is 0.0208. The average Bonchev–Trinajstić information content (AvgIpc) is 3.33. The van der Waals surface area contributed by atoms with E-state index in [0.717, 1.165) is 54.1 Å². The Labute approximate surface area is 188 Å². The van der Waals surface area contributed by atoms with E-state index in [2.05, 4.69) is 19.2 Å². The molecule has 0 saturated heterocycles. The number of thioether (sulfide) groups is 1. The Kier molecular flexibility index (Phi) is 6.70. The second kappa shape index (κ2) is 9.47. The number of benzene rings is 1. The van der Waals surface area contributed by atoms with Crippen molar-refractivity contribution in [3.63, 3.8) is 0 Å². The molecule has 0 spiro atoms. The van der Waals surface area contributed by atoms with Crippen LogP contribution in [-0.2, 0) is 9.59 Å². The van der Waals surface area contributed by atoms with Gasteiger partial charge in [-0.1, -0.05) is 56.7 Å². The van der Waals surface area contributed by atoms with E-state index in [1.54, 1.807) is 4.90 Å². The summed E-state index contributed by atoms with van der Waals surface area (Å²) in [5.41, 5.74) is 2.62. The molecule has 1 aliphatic heterocycles. The number of para-hydroxylation sites is 1. The van der Waals surface area contributed by atoms with Crippen LogP contribution < -0.4 is 5.32 Å². The van der Waals surface area contributed by atoms with Crippen molar-refractivity contribution in [2.75, 3.05) is 12.3 Å². The van der Waals surface area contributed by atoms with E-state index >= 15 is 0 Å². The lowest BCUT2D eigenvalue weighted by Gasteiger charge is -2.31. The smallest absolute Gasteiger partial charge is 0.247 e. The molecular weight excluding hydrogens is 408 g/mol. The van der Waals surface area contributed by atoms with E-state index in [4.69, 9.17) is 5.10 Å². The van der Waals surface area contributed by atoms with Gasteiger partial charge in [0.05, 0.1) is 17.1 Å². The lowest BCUT2D eigenvalue weighted by atomic mass is 10.0. The highest BCUT2D eigenvalue weighted by molar-refractivity contribution is 8.00. The highest BCUT2D eigenvalue weighted by atomic mass is 32.2. The Balaban J connectivity index is 1.76. The molecular formula is C24H32N4O2S. The van der Waals surface area contributed by atoms with Crippen molar-refractivity contribution in [3.05, 3.63) is 41.6 Å². The summed E-state index contributed by atoms with van der Waals surface area (Å²) >= 11 is 1.49. The second-order valence-electron chi connectivity index (χ2n) is 9.00. The molecule has 0 radical (unpaired) electrons. The Morgan fingerprint density at radius 1 is 1.23 bits per heavy atom. The third kappa shape index (κ3) is 4.66. The van der Waals surface area contributed by atoms with Crippen LogP contribution in [0.2, 0.25) is 0 Å². The standard InChI is InChI=1S/C24H32N4O2S/c1-16(2)13-14-27-20(29)15-31-24-21(22(27)23(30)25-18-9-7-8-10-18)17(3)26-28(24)19-11-5-4-6-12-19/h4-6,11-12,16,18,22H,7-10,13-15H2,1-3H3,(H,25,30)/t22-/m0/s1. The number of nitrogens with one attached hydrogen (secondary N) is 1. The normalized spacial score (nSPS) is 19.5. The summed E-state index contributed by atoms with van der Waals surface area (Å²) in [6, 6.07) is 9.51. The van der Waals surface area contributed by atoms with Crippen LogP contribution in [-0.4, -0.2) is 44.8 Å². The third-order valence-corrected chi connectivity index (χ3v) is 7.26. The number of aromatic nitrogens is 2. The molecule has 31 heavy (non-hydrogen) atoms. The van der Waals surface area contributed by atoms with E-state index in [9.17, 15) is 9.59 Å². The minimum atomic E-state index is -0.630. The molecule has 1 atom stereocenters. The molecule has 6 nitrogen and oxygen atoms in total. The van der Waals surface area contributed by atoms with E-state index in [-0.39, 0.29) is 17.9 Å². The second-order valence-corrected chi connectivity index (χ2v) is 9.97. The zero-order valence-corrected chi connectivity index (χ0v) is 19.5. The molecule has 1 aromatic carbocycles. The van der Waals surface area contributed by atoms with Gasteiger partial charge in [-0.25, -0.2) is 4.68 Å². The van der Waals surface area contributed by atoms with Gasteiger partial charge in [0, 0.05) is 18.2 Å². The summed E-state index contributed by atoms with van der Waals surface area (Å²) in [5, 5.41) is 8.95. The van der Waals surface area contributed by atoms with Gasteiger partial charge in [-0.2, -0.15) is 5.10 Å². The number of hydrogen-bond donors (Lipinski definition) is 1. The van der Waals surface area contributed by atoms with Gasteiger partial charge in [-0.15, -0.1) is 0 Å². The third-order valence-electron chi connectivity index (χ3n) is 6.20. The van der Waals surface area contributed by atoms with Crippen LogP contribution >= 0.6 is 11.8 Å². The number of rotatable bonds is 6. The predicted molar refractivity (Wildman–Crippen MR) is 123 cm³/mol. The number of hydrogen-bond acceptors (Lipinski definition) is 4. The largest absolute Gasteiger partial charge is 0.351 e. The van der Waals surface area contributed by atoms with Crippen molar-refractivity contribution < 1.29 is 9.59 Å². The quantitative estimate of drug-likeness (QED) is 0.729. The van der Waals surface area contributed by atoms with Gasteiger partial charge in [-0.05, 0) is 44.2 Å². The molecule has 2 aliphatic rings. The minimum Gasteiger partial charge on any atom is -0.351 e. The van der Waals surface area contributed by atoms with Crippen LogP contribution in [0.4, 0.5) is 0 Å². The molecule has 7 heteroatoms. The van der Waals surface area contributed by atoms with Crippen molar-refractivity contribution in [2.24, 2.45) is 5.92 Å². The maximum atomic E-state index is 13.6. The highest BCUT2D eigenvalue weighted by Crippen LogP contribution is 2.39. The van der Waals surface area contributed by atoms with Crippen molar-refractivity contribution in [1.82, 2.24) is 20.0 Å². The lowest BCUT2D eigenvalue weighted by molar-refractivity contribution is -0.139. The first-order chi connectivity index (χ1) is 15.0. The zero-order chi connectivity index (χ0) is 22.0. The van der Waals surface area contributed by atoms with Gasteiger partial charge in [0.25, 0.3) is 0 Å². The molecule has 1 aliphatic carbocycles. The SMILES string of the molecule is Cc1nn(-c2ccccc2)c2c1[C@@H](C(=O)NC1CCCC1)N(CCC(C)C)C(=O)CS2. The lowest BCUT2D eigenvalue weighted by Crippen LogP contribution is -2.46. The van der Waals surface area contributed by atoms with Crippen LogP contribution in [0.25, 0.3) is 5.69 Å². The number of fused-ring (bicyclic) bond motifs is 1. The van der Waals surface area contributed by atoms with Gasteiger partial charge >= 0.3 is 0 Å². The average molecular weight is 441 g/mol.